The van der Waals surface area contributed by atoms with E-state index in [0.717, 1.165) is 5.56 Å². The Hall–Kier alpha value is -2.99. The first-order valence-corrected chi connectivity index (χ1v) is 8.92. The van der Waals surface area contributed by atoms with Crippen molar-refractivity contribution in [2.75, 3.05) is 20.8 Å². The molecule has 0 fully saturated rings. The van der Waals surface area contributed by atoms with Crippen LogP contribution in [0.2, 0.25) is 5.02 Å². The molecule has 0 aliphatic carbocycles. The summed E-state index contributed by atoms with van der Waals surface area (Å²) in [5, 5.41) is 3.30. The van der Waals surface area contributed by atoms with Crippen molar-refractivity contribution < 1.29 is 23.8 Å². The van der Waals surface area contributed by atoms with Gasteiger partial charge in [-0.2, -0.15) is 0 Å². The van der Waals surface area contributed by atoms with Gasteiger partial charge in [0.2, 0.25) is 0 Å². The zero-order valence-corrected chi connectivity index (χ0v) is 16.7. The maximum atomic E-state index is 12.0. The predicted octanol–water partition coefficient (Wildman–Crippen LogP) is 3.79. The number of methoxy groups -OCH3 is 2. The van der Waals surface area contributed by atoms with Gasteiger partial charge < -0.3 is 19.5 Å². The zero-order valence-electron chi connectivity index (χ0n) is 15.9. The van der Waals surface area contributed by atoms with Crippen molar-refractivity contribution in [1.82, 2.24) is 5.32 Å². The van der Waals surface area contributed by atoms with E-state index in [1.807, 2.05) is 18.2 Å². The summed E-state index contributed by atoms with van der Waals surface area (Å²) in [5.41, 5.74) is 1.49. The number of hydrogen-bond donors (Lipinski definition) is 1. The number of hydrogen-bond acceptors (Lipinski definition) is 5. The molecule has 148 valence electrons. The second kappa shape index (κ2) is 10.4. The van der Waals surface area contributed by atoms with Crippen LogP contribution in [0.15, 0.2) is 48.5 Å². The van der Waals surface area contributed by atoms with Crippen LogP contribution in [0.5, 0.6) is 11.5 Å². The van der Waals surface area contributed by atoms with Crippen LogP contribution in [-0.2, 0) is 14.3 Å². The lowest BCUT2D eigenvalue weighted by molar-refractivity contribution is -0.144. The molecule has 0 bridgehead atoms. The molecule has 0 aromatic heterocycles. The van der Waals surface area contributed by atoms with Crippen LogP contribution in [0.4, 0.5) is 0 Å². The maximum absolute atomic E-state index is 12.0. The molecule has 0 radical (unpaired) electrons. The average molecular weight is 404 g/mol. The second-order valence-corrected chi connectivity index (χ2v) is 6.30. The Balaban J connectivity index is 1.87. The molecule has 2 aromatic rings. The zero-order chi connectivity index (χ0) is 20.5. The number of ether oxygens (including phenoxy) is 3. The fourth-order valence-electron chi connectivity index (χ4n) is 2.46. The topological polar surface area (TPSA) is 73.9 Å². The van der Waals surface area contributed by atoms with Gasteiger partial charge in [-0.25, -0.2) is 4.79 Å². The molecule has 0 unspecified atom stereocenters. The van der Waals surface area contributed by atoms with Crippen molar-refractivity contribution in [3.05, 3.63) is 64.7 Å². The smallest absolute Gasteiger partial charge is 0.331 e. The highest BCUT2D eigenvalue weighted by Gasteiger charge is 2.13. The Morgan fingerprint density at radius 2 is 1.75 bits per heavy atom. The monoisotopic (exact) mass is 403 g/mol. The number of carbonyl (C=O) groups excluding carboxylic acids is 2. The Bertz CT molecular complexity index is 843. The van der Waals surface area contributed by atoms with Crippen molar-refractivity contribution in [1.29, 1.82) is 0 Å². The minimum absolute atomic E-state index is 0.306. The largest absolute Gasteiger partial charge is 0.497 e. The highest BCUT2D eigenvalue weighted by atomic mass is 35.5. The van der Waals surface area contributed by atoms with Crippen LogP contribution < -0.4 is 14.8 Å². The fraction of sp³-hybridized carbons (Fsp3) is 0.238. The Morgan fingerprint density at radius 3 is 2.36 bits per heavy atom. The van der Waals surface area contributed by atoms with E-state index in [-0.39, 0.29) is 12.6 Å². The average Bonchev–Trinajstić information content (AvgIpc) is 2.70. The van der Waals surface area contributed by atoms with E-state index in [4.69, 9.17) is 25.8 Å². The summed E-state index contributed by atoms with van der Waals surface area (Å²) in [5.74, 6) is 0.139. The summed E-state index contributed by atoms with van der Waals surface area (Å²) in [6.45, 7) is 1.41. The molecule has 0 aliphatic rings. The van der Waals surface area contributed by atoms with Gasteiger partial charge in [0, 0.05) is 17.2 Å². The van der Waals surface area contributed by atoms with Crippen molar-refractivity contribution in [3.8, 4) is 11.5 Å². The van der Waals surface area contributed by atoms with Crippen LogP contribution in [-0.4, -0.2) is 32.7 Å². The quantitative estimate of drug-likeness (QED) is 0.536. The molecule has 28 heavy (non-hydrogen) atoms. The molecule has 1 atom stereocenters. The first-order valence-electron chi connectivity index (χ1n) is 8.54. The number of amides is 1. The van der Waals surface area contributed by atoms with Crippen LogP contribution in [0, 0.1) is 0 Å². The van der Waals surface area contributed by atoms with Gasteiger partial charge in [-0.3, -0.25) is 4.79 Å². The standard InChI is InChI=1S/C21H22ClNO5/c1-14(18-6-4-5-7-19(18)22)23-20(24)13-28-21(25)9-8-15-10-16(26-2)12-17(11-15)27-3/h4-12,14H,13H2,1-3H3,(H,23,24)/b9-8+/t14-/m1/s1. The lowest BCUT2D eigenvalue weighted by Crippen LogP contribution is -2.31. The highest BCUT2D eigenvalue weighted by Crippen LogP contribution is 2.23. The highest BCUT2D eigenvalue weighted by molar-refractivity contribution is 6.31. The lowest BCUT2D eigenvalue weighted by atomic mass is 10.1. The van der Waals surface area contributed by atoms with Crippen LogP contribution in [0.3, 0.4) is 0 Å². The minimum atomic E-state index is -0.637. The van der Waals surface area contributed by atoms with Gasteiger partial charge in [-0.1, -0.05) is 29.8 Å². The SMILES string of the molecule is COc1cc(/C=C/C(=O)OCC(=O)N[C@H](C)c2ccccc2Cl)cc(OC)c1. The third-order valence-electron chi connectivity index (χ3n) is 3.88. The molecular formula is C21H22ClNO5. The van der Waals surface area contributed by atoms with E-state index in [1.54, 1.807) is 51.5 Å². The molecule has 0 saturated heterocycles. The van der Waals surface area contributed by atoms with Crippen molar-refractivity contribution in [2.45, 2.75) is 13.0 Å². The first-order chi connectivity index (χ1) is 13.4. The molecular weight excluding hydrogens is 382 g/mol. The van der Waals surface area contributed by atoms with Gasteiger partial charge in [-0.05, 0) is 42.3 Å². The van der Waals surface area contributed by atoms with E-state index < -0.39 is 11.9 Å². The third kappa shape index (κ3) is 6.32. The number of nitrogens with one attached hydrogen (secondary N) is 1. The van der Waals surface area contributed by atoms with Gasteiger partial charge in [0.1, 0.15) is 11.5 Å². The van der Waals surface area contributed by atoms with E-state index >= 15 is 0 Å². The molecule has 2 rings (SSSR count). The molecule has 0 saturated carbocycles. The molecule has 1 N–H and O–H groups in total. The van der Waals surface area contributed by atoms with Crippen molar-refractivity contribution in [2.24, 2.45) is 0 Å². The predicted molar refractivity (Wildman–Crippen MR) is 108 cm³/mol. The number of benzene rings is 2. The second-order valence-electron chi connectivity index (χ2n) is 5.90. The lowest BCUT2D eigenvalue weighted by Gasteiger charge is -2.15. The van der Waals surface area contributed by atoms with Gasteiger partial charge in [0.05, 0.1) is 20.3 Å². The van der Waals surface area contributed by atoms with E-state index in [1.165, 1.54) is 6.08 Å². The fourth-order valence-corrected chi connectivity index (χ4v) is 2.76. The number of esters is 1. The number of rotatable bonds is 8. The molecule has 7 heteroatoms. The van der Waals surface area contributed by atoms with E-state index in [2.05, 4.69) is 5.32 Å². The summed E-state index contributed by atoms with van der Waals surface area (Å²) < 4.78 is 15.3. The summed E-state index contributed by atoms with van der Waals surface area (Å²) in [6.07, 6.45) is 2.79. The number of halogens is 1. The minimum Gasteiger partial charge on any atom is -0.497 e. The Labute approximate surface area is 169 Å². The van der Waals surface area contributed by atoms with Crippen molar-refractivity contribution in [3.63, 3.8) is 0 Å². The van der Waals surface area contributed by atoms with Crippen LogP contribution in [0.1, 0.15) is 24.1 Å². The Morgan fingerprint density at radius 1 is 1.11 bits per heavy atom. The summed E-state index contributed by atoms with van der Waals surface area (Å²) >= 11 is 6.11. The van der Waals surface area contributed by atoms with Crippen LogP contribution in [0.25, 0.3) is 6.08 Å². The Kier molecular flexibility index (Phi) is 7.89. The van der Waals surface area contributed by atoms with Crippen molar-refractivity contribution >= 4 is 29.6 Å². The van der Waals surface area contributed by atoms with E-state index in [9.17, 15) is 9.59 Å². The summed E-state index contributed by atoms with van der Waals surface area (Å²) in [4.78, 5) is 23.9. The molecule has 2 aromatic carbocycles. The molecule has 0 spiro atoms. The molecule has 6 nitrogen and oxygen atoms in total. The van der Waals surface area contributed by atoms with Crippen LogP contribution >= 0.6 is 11.6 Å². The maximum Gasteiger partial charge on any atom is 0.331 e. The van der Waals surface area contributed by atoms with Gasteiger partial charge in [0.15, 0.2) is 6.61 Å². The van der Waals surface area contributed by atoms with Gasteiger partial charge in [-0.15, -0.1) is 0 Å². The third-order valence-corrected chi connectivity index (χ3v) is 4.22. The van der Waals surface area contributed by atoms with E-state index in [0.29, 0.717) is 22.1 Å². The first kappa shape index (κ1) is 21.3. The molecule has 0 aliphatic heterocycles. The summed E-state index contributed by atoms with van der Waals surface area (Å²) in [7, 11) is 3.08. The van der Waals surface area contributed by atoms with Gasteiger partial charge >= 0.3 is 5.97 Å². The summed E-state index contributed by atoms with van der Waals surface area (Å²) in [6, 6.07) is 12.1. The number of carbonyl (C=O) groups is 2. The van der Waals surface area contributed by atoms with Gasteiger partial charge in [0.25, 0.3) is 5.91 Å². The molecule has 1 amide bonds. The molecule has 0 heterocycles. The normalized spacial score (nSPS) is 11.7.